The monoisotopic (exact) mass is 327 g/mol. The van der Waals surface area contributed by atoms with Gasteiger partial charge in [0.15, 0.2) is 0 Å². The molecule has 0 aliphatic carbocycles. The van der Waals surface area contributed by atoms with E-state index in [4.69, 9.17) is 0 Å². The number of rotatable bonds is 3. The molecule has 3 fully saturated rings. The van der Waals surface area contributed by atoms with Crippen LogP contribution in [0.5, 0.6) is 0 Å². The molecule has 1 amide bonds. The molecule has 3 aliphatic rings. The summed E-state index contributed by atoms with van der Waals surface area (Å²) in [5, 5.41) is 0. The zero-order chi connectivity index (χ0) is 16.5. The Kier molecular flexibility index (Phi) is 4.59. The van der Waals surface area contributed by atoms with Crippen molar-refractivity contribution in [2.24, 2.45) is 5.92 Å². The maximum Gasteiger partial charge on any atom is 0.236 e. The minimum absolute atomic E-state index is 0.343. The summed E-state index contributed by atoms with van der Waals surface area (Å²) in [5.74, 6) is 1.72. The third-order valence-corrected chi connectivity index (χ3v) is 6.40. The summed E-state index contributed by atoms with van der Waals surface area (Å²) in [6.45, 7) is 5.83. The van der Waals surface area contributed by atoms with Gasteiger partial charge in [-0.15, -0.1) is 0 Å². The van der Waals surface area contributed by atoms with Crippen molar-refractivity contribution in [2.75, 3.05) is 46.3 Å². The second-order valence-electron chi connectivity index (χ2n) is 7.86. The lowest BCUT2D eigenvalue weighted by atomic mass is 9.89. The van der Waals surface area contributed by atoms with Crippen molar-refractivity contribution in [1.29, 1.82) is 0 Å². The number of nitrogens with zero attached hydrogens (tertiary/aromatic N) is 3. The smallest absolute Gasteiger partial charge is 0.236 e. The number of likely N-dealkylation sites (N-methyl/N-ethyl adjacent to an activating group) is 1. The minimum Gasteiger partial charge on any atom is -0.340 e. The van der Waals surface area contributed by atoms with Crippen LogP contribution in [0.15, 0.2) is 30.3 Å². The molecule has 3 aliphatic heterocycles. The van der Waals surface area contributed by atoms with Gasteiger partial charge in [-0.05, 0) is 63.3 Å². The van der Waals surface area contributed by atoms with Gasteiger partial charge in [0, 0.05) is 19.1 Å². The lowest BCUT2D eigenvalue weighted by Crippen LogP contribution is -2.43. The Hall–Kier alpha value is -1.39. The van der Waals surface area contributed by atoms with Crippen LogP contribution in [0.25, 0.3) is 0 Å². The highest BCUT2D eigenvalue weighted by atomic mass is 16.2. The molecule has 24 heavy (non-hydrogen) atoms. The standard InChI is InChI=1S/C20H29N3O/c1-21-10-7-18-13-23(14-19(18)21)20(24)15-22-11-8-17(9-12-22)16-5-3-2-4-6-16/h2-6,17-19H,7-15H2,1H3/t18-,19+/m0/s1. The Morgan fingerprint density at radius 3 is 2.50 bits per heavy atom. The van der Waals surface area contributed by atoms with Gasteiger partial charge in [-0.25, -0.2) is 0 Å². The molecular weight excluding hydrogens is 298 g/mol. The van der Waals surface area contributed by atoms with Gasteiger partial charge in [-0.2, -0.15) is 0 Å². The van der Waals surface area contributed by atoms with Crippen LogP contribution < -0.4 is 0 Å². The quantitative estimate of drug-likeness (QED) is 0.850. The molecule has 0 saturated carbocycles. The lowest BCUT2D eigenvalue weighted by molar-refractivity contribution is -0.132. The molecule has 0 bridgehead atoms. The zero-order valence-electron chi connectivity index (χ0n) is 14.7. The van der Waals surface area contributed by atoms with E-state index in [1.54, 1.807) is 0 Å². The highest BCUT2D eigenvalue weighted by Crippen LogP contribution is 2.31. The summed E-state index contributed by atoms with van der Waals surface area (Å²) in [6, 6.07) is 11.4. The van der Waals surface area contributed by atoms with E-state index < -0.39 is 0 Å². The van der Waals surface area contributed by atoms with E-state index in [-0.39, 0.29) is 0 Å². The third kappa shape index (κ3) is 3.22. The topological polar surface area (TPSA) is 26.8 Å². The Balaban J connectivity index is 1.26. The Morgan fingerprint density at radius 1 is 1.04 bits per heavy atom. The molecule has 0 spiro atoms. The van der Waals surface area contributed by atoms with Crippen molar-refractivity contribution in [3.63, 3.8) is 0 Å². The number of carbonyl (C=O) groups is 1. The van der Waals surface area contributed by atoms with Gasteiger partial charge in [0.25, 0.3) is 0 Å². The predicted molar refractivity (Wildman–Crippen MR) is 96.0 cm³/mol. The Morgan fingerprint density at radius 2 is 1.79 bits per heavy atom. The Labute approximate surface area is 145 Å². The molecule has 0 radical (unpaired) electrons. The largest absolute Gasteiger partial charge is 0.340 e. The first-order chi connectivity index (χ1) is 11.7. The normalized spacial score (nSPS) is 29.1. The number of carbonyl (C=O) groups excluding carboxylic acids is 1. The molecule has 0 aromatic heterocycles. The Bertz CT molecular complexity index is 568. The maximum atomic E-state index is 12.7. The van der Waals surface area contributed by atoms with Crippen LogP contribution in [0.4, 0.5) is 0 Å². The summed E-state index contributed by atoms with van der Waals surface area (Å²) >= 11 is 0. The highest BCUT2D eigenvalue weighted by Gasteiger charge is 2.41. The number of likely N-dealkylation sites (tertiary alicyclic amines) is 3. The molecule has 4 nitrogen and oxygen atoms in total. The summed E-state index contributed by atoms with van der Waals surface area (Å²) in [7, 11) is 2.20. The fourth-order valence-electron chi connectivity index (χ4n) is 4.82. The van der Waals surface area contributed by atoms with Gasteiger partial charge in [0.2, 0.25) is 5.91 Å². The molecule has 4 rings (SSSR count). The van der Waals surface area contributed by atoms with Crippen LogP contribution >= 0.6 is 0 Å². The fourth-order valence-corrected chi connectivity index (χ4v) is 4.82. The summed E-state index contributed by atoms with van der Waals surface area (Å²) in [6.07, 6.45) is 3.60. The predicted octanol–water partition coefficient (Wildman–Crippen LogP) is 2.03. The van der Waals surface area contributed by atoms with Gasteiger partial charge in [0.05, 0.1) is 6.54 Å². The van der Waals surface area contributed by atoms with E-state index in [0.717, 1.165) is 26.2 Å². The summed E-state index contributed by atoms with van der Waals surface area (Å²) in [4.78, 5) is 19.6. The number of fused-ring (bicyclic) bond motifs is 1. The maximum absolute atomic E-state index is 12.7. The number of benzene rings is 1. The second kappa shape index (κ2) is 6.85. The van der Waals surface area contributed by atoms with Crippen LogP contribution in [-0.2, 0) is 4.79 Å². The second-order valence-corrected chi connectivity index (χ2v) is 7.86. The van der Waals surface area contributed by atoms with Crippen LogP contribution in [0.1, 0.15) is 30.7 Å². The van der Waals surface area contributed by atoms with Crippen molar-refractivity contribution in [3.05, 3.63) is 35.9 Å². The molecular formula is C20H29N3O. The fraction of sp³-hybridized carbons (Fsp3) is 0.650. The first-order valence-corrected chi connectivity index (χ1v) is 9.46. The minimum atomic E-state index is 0.343. The van der Waals surface area contributed by atoms with Crippen molar-refractivity contribution in [3.8, 4) is 0 Å². The molecule has 130 valence electrons. The summed E-state index contributed by atoms with van der Waals surface area (Å²) < 4.78 is 0. The average Bonchev–Trinajstić information content (AvgIpc) is 3.19. The van der Waals surface area contributed by atoms with Crippen molar-refractivity contribution >= 4 is 5.91 Å². The van der Waals surface area contributed by atoms with Crippen molar-refractivity contribution < 1.29 is 4.79 Å². The van der Waals surface area contributed by atoms with Gasteiger partial charge in [-0.1, -0.05) is 30.3 Å². The van der Waals surface area contributed by atoms with E-state index >= 15 is 0 Å². The third-order valence-electron chi connectivity index (χ3n) is 6.40. The van der Waals surface area contributed by atoms with Gasteiger partial charge in [-0.3, -0.25) is 9.69 Å². The number of amides is 1. The van der Waals surface area contributed by atoms with Crippen LogP contribution in [0.2, 0.25) is 0 Å². The first kappa shape index (κ1) is 16.1. The van der Waals surface area contributed by atoms with Crippen LogP contribution in [-0.4, -0.2) is 73.0 Å². The first-order valence-electron chi connectivity index (χ1n) is 9.46. The van der Waals surface area contributed by atoms with Crippen LogP contribution in [0.3, 0.4) is 0 Å². The molecule has 3 heterocycles. The van der Waals surface area contributed by atoms with E-state index in [2.05, 4.69) is 52.1 Å². The molecule has 0 N–H and O–H groups in total. The number of hydrogen-bond donors (Lipinski definition) is 0. The van der Waals surface area contributed by atoms with Crippen molar-refractivity contribution in [2.45, 2.75) is 31.2 Å². The van der Waals surface area contributed by atoms with E-state index in [1.165, 1.54) is 31.4 Å². The van der Waals surface area contributed by atoms with Gasteiger partial charge in [0.1, 0.15) is 0 Å². The molecule has 4 heteroatoms. The number of piperidine rings is 1. The molecule has 1 aromatic carbocycles. The highest BCUT2D eigenvalue weighted by molar-refractivity contribution is 5.78. The zero-order valence-corrected chi connectivity index (χ0v) is 14.7. The van der Waals surface area contributed by atoms with Gasteiger partial charge < -0.3 is 9.80 Å². The average molecular weight is 327 g/mol. The number of hydrogen-bond acceptors (Lipinski definition) is 3. The van der Waals surface area contributed by atoms with E-state index in [9.17, 15) is 4.79 Å². The molecule has 2 atom stereocenters. The van der Waals surface area contributed by atoms with Crippen molar-refractivity contribution in [1.82, 2.24) is 14.7 Å². The van der Waals surface area contributed by atoms with Gasteiger partial charge >= 0.3 is 0 Å². The lowest BCUT2D eigenvalue weighted by Gasteiger charge is -2.33. The SMILES string of the molecule is CN1CC[C@H]2CN(C(=O)CN3CCC(c4ccccc4)CC3)C[C@H]21. The van der Waals surface area contributed by atoms with E-state index in [0.29, 0.717) is 30.3 Å². The van der Waals surface area contributed by atoms with Crippen LogP contribution in [0, 0.1) is 5.92 Å². The summed E-state index contributed by atoms with van der Waals surface area (Å²) in [5.41, 5.74) is 1.46. The molecule has 1 aromatic rings. The molecule has 3 saturated heterocycles. The molecule has 0 unspecified atom stereocenters. The van der Waals surface area contributed by atoms with E-state index in [1.807, 2.05) is 0 Å².